The van der Waals surface area contributed by atoms with Gasteiger partial charge in [-0.2, -0.15) is 0 Å². The first-order valence-corrected chi connectivity index (χ1v) is 6.42. The summed E-state index contributed by atoms with van der Waals surface area (Å²) in [5.41, 5.74) is 6.20. The van der Waals surface area contributed by atoms with Crippen LogP contribution in [0.3, 0.4) is 0 Å². The average molecular weight is 314 g/mol. The molecule has 2 aromatic carbocycles. The second-order valence-corrected chi connectivity index (χ2v) is 4.89. The highest BCUT2D eigenvalue weighted by Crippen LogP contribution is 2.20. The third-order valence-electron chi connectivity index (χ3n) is 2.60. The van der Waals surface area contributed by atoms with E-state index in [0.717, 1.165) is 0 Å². The molecule has 0 aliphatic heterocycles. The van der Waals surface area contributed by atoms with Crippen molar-refractivity contribution in [2.75, 3.05) is 0 Å². The van der Waals surface area contributed by atoms with Gasteiger partial charge in [-0.25, -0.2) is 8.78 Å². The molecule has 0 fully saturated rings. The van der Waals surface area contributed by atoms with Gasteiger partial charge in [0.2, 0.25) is 0 Å². The predicted octanol–water partition coefficient (Wildman–Crippen LogP) is 3.83. The molecular weight excluding hydrogens is 304 g/mol. The second-order valence-electron chi connectivity index (χ2n) is 4.04. The monoisotopic (exact) mass is 313 g/mol. The molecule has 6 heteroatoms. The maximum atomic E-state index is 13.6. The van der Waals surface area contributed by atoms with E-state index in [9.17, 15) is 8.78 Å². The molecule has 0 spiro atoms. The number of hydrogen-bond donors (Lipinski definition) is 1. The summed E-state index contributed by atoms with van der Waals surface area (Å²) in [4.78, 5) is -0.0145. The van der Waals surface area contributed by atoms with Crippen molar-refractivity contribution >= 4 is 28.8 Å². The Hall–Kier alpha value is -1.72. The Balaban J connectivity index is 2.09. The first-order valence-electron chi connectivity index (χ1n) is 5.63. The van der Waals surface area contributed by atoms with Crippen LogP contribution in [-0.4, -0.2) is 4.99 Å². The first-order chi connectivity index (χ1) is 9.47. The summed E-state index contributed by atoms with van der Waals surface area (Å²) in [6, 6.07) is 8.45. The molecular formula is C14H10ClF2NOS. The van der Waals surface area contributed by atoms with E-state index in [4.69, 9.17) is 34.3 Å². The summed E-state index contributed by atoms with van der Waals surface area (Å²) in [5, 5.41) is 0.0149. The molecule has 0 amide bonds. The summed E-state index contributed by atoms with van der Waals surface area (Å²) in [6.07, 6.45) is 0. The van der Waals surface area contributed by atoms with E-state index in [1.807, 2.05) is 0 Å². The van der Waals surface area contributed by atoms with Gasteiger partial charge >= 0.3 is 0 Å². The highest BCUT2D eigenvalue weighted by atomic mass is 35.5. The minimum Gasteiger partial charge on any atom is -0.489 e. The molecule has 0 heterocycles. The molecule has 0 aliphatic rings. The van der Waals surface area contributed by atoms with E-state index in [2.05, 4.69) is 0 Å². The molecule has 0 radical (unpaired) electrons. The van der Waals surface area contributed by atoms with Gasteiger partial charge in [-0.3, -0.25) is 0 Å². The maximum Gasteiger partial charge on any atom is 0.141 e. The van der Waals surface area contributed by atoms with Crippen molar-refractivity contribution in [1.82, 2.24) is 0 Å². The van der Waals surface area contributed by atoms with Crippen molar-refractivity contribution in [3.8, 4) is 5.75 Å². The average Bonchev–Trinajstić information content (AvgIpc) is 2.40. The van der Waals surface area contributed by atoms with Crippen LogP contribution in [0.1, 0.15) is 11.1 Å². The third-order valence-corrected chi connectivity index (χ3v) is 3.11. The van der Waals surface area contributed by atoms with E-state index in [1.165, 1.54) is 24.3 Å². The van der Waals surface area contributed by atoms with Gasteiger partial charge in [0.25, 0.3) is 0 Å². The fourth-order valence-electron chi connectivity index (χ4n) is 1.58. The zero-order valence-electron chi connectivity index (χ0n) is 10.2. The van der Waals surface area contributed by atoms with Crippen LogP contribution in [0.2, 0.25) is 5.02 Å². The lowest BCUT2D eigenvalue weighted by Gasteiger charge is -2.08. The van der Waals surface area contributed by atoms with Crippen molar-refractivity contribution in [2.24, 2.45) is 5.73 Å². The van der Waals surface area contributed by atoms with Crippen molar-refractivity contribution in [2.45, 2.75) is 6.61 Å². The Labute approximate surface area is 125 Å². The molecule has 0 bridgehead atoms. The van der Waals surface area contributed by atoms with Gasteiger partial charge in [0.05, 0.1) is 5.02 Å². The standard InChI is InChI=1S/C14H10ClF2NOS/c15-11-5-8(1-4-12(11)16)7-19-9-2-3-10(14(18)20)13(17)6-9/h1-6H,7H2,(H2,18,20). The number of thiocarbonyl (C=S) groups is 1. The number of nitrogens with two attached hydrogens (primary N) is 1. The minimum atomic E-state index is -0.549. The van der Waals surface area contributed by atoms with Gasteiger partial charge in [0, 0.05) is 11.6 Å². The van der Waals surface area contributed by atoms with E-state index >= 15 is 0 Å². The Morgan fingerprint density at radius 1 is 1.15 bits per heavy atom. The summed E-state index contributed by atoms with van der Waals surface area (Å²) >= 11 is 10.4. The summed E-state index contributed by atoms with van der Waals surface area (Å²) < 4.78 is 32.0. The van der Waals surface area contributed by atoms with E-state index in [0.29, 0.717) is 11.3 Å². The van der Waals surface area contributed by atoms with E-state index in [-0.39, 0.29) is 22.2 Å². The summed E-state index contributed by atoms with van der Waals surface area (Å²) in [7, 11) is 0. The molecule has 0 aliphatic carbocycles. The normalized spacial score (nSPS) is 10.3. The van der Waals surface area contributed by atoms with Gasteiger partial charge in [0.15, 0.2) is 0 Å². The molecule has 104 valence electrons. The molecule has 2 N–H and O–H groups in total. The van der Waals surface area contributed by atoms with Gasteiger partial charge in [0.1, 0.15) is 29.0 Å². The van der Waals surface area contributed by atoms with Gasteiger partial charge < -0.3 is 10.5 Å². The molecule has 2 nitrogen and oxygen atoms in total. The largest absolute Gasteiger partial charge is 0.489 e. The SMILES string of the molecule is NC(=S)c1ccc(OCc2ccc(F)c(Cl)c2)cc1F. The van der Waals surface area contributed by atoms with Crippen molar-refractivity contribution in [3.05, 3.63) is 64.2 Å². The number of ether oxygens (including phenoxy) is 1. The van der Waals surface area contributed by atoms with Crippen LogP contribution in [0.25, 0.3) is 0 Å². The smallest absolute Gasteiger partial charge is 0.141 e. The molecule has 20 heavy (non-hydrogen) atoms. The molecule has 2 aromatic rings. The molecule has 0 aromatic heterocycles. The lowest BCUT2D eigenvalue weighted by Crippen LogP contribution is -2.11. The maximum absolute atomic E-state index is 13.6. The van der Waals surface area contributed by atoms with Crippen LogP contribution >= 0.6 is 23.8 Å². The summed E-state index contributed by atoms with van der Waals surface area (Å²) in [5.74, 6) is -0.725. The molecule has 0 atom stereocenters. The van der Waals surface area contributed by atoms with Crippen molar-refractivity contribution in [1.29, 1.82) is 0 Å². The van der Waals surface area contributed by atoms with Gasteiger partial charge in [-0.05, 0) is 29.8 Å². The molecule has 2 rings (SSSR count). The predicted molar refractivity (Wildman–Crippen MR) is 78.0 cm³/mol. The number of benzene rings is 2. The van der Waals surface area contributed by atoms with Gasteiger partial charge in [-0.15, -0.1) is 0 Å². The molecule has 0 saturated heterocycles. The quantitative estimate of drug-likeness (QED) is 0.871. The highest BCUT2D eigenvalue weighted by molar-refractivity contribution is 7.80. The van der Waals surface area contributed by atoms with Crippen LogP contribution in [-0.2, 0) is 6.61 Å². The van der Waals surface area contributed by atoms with Crippen LogP contribution in [0, 0.1) is 11.6 Å². The lowest BCUT2D eigenvalue weighted by molar-refractivity contribution is 0.304. The first kappa shape index (κ1) is 14.7. The molecule has 0 unspecified atom stereocenters. The fourth-order valence-corrected chi connectivity index (χ4v) is 1.95. The van der Waals surface area contributed by atoms with Gasteiger partial charge in [-0.1, -0.05) is 29.9 Å². The van der Waals surface area contributed by atoms with E-state index in [1.54, 1.807) is 12.1 Å². The van der Waals surface area contributed by atoms with Crippen LogP contribution in [0.15, 0.2) is 36.4 Å². The van der Waals surface area contributed by atoms with Crippen molar-refractivity contribution in [3.63, 3.8) is 0 Å². The Bertz CT molecular complexity index is 664. The summed E-state index contributed by atoms with van der Waals surface area (Å²) in [6.45, 7) is 0.145. The number of rotatable bonds is 4. The zero-order chi connectivity index (χ0) is 14.7. The lowest BCUT2D eigenvalue weighted by atomic mass is 10.2. The highest BCUT2D eigenvalue weighted by Gasteiger charge is 2.07. The Morgan fingerprint density at radius 2 is 1.90 bits per heavy atom. The van der Waals surface area contributed by atoms with E-state index < -0.39 is 11.6 Å². The Kier molecular flexibility index (Phi) is 4.52. The fraction of sp³-hybridized carbons (Fsp3) is 0.0714. The number of hydrogen-bond acceptors (Lipinski definition) is 2. The van der Waals surface area contributed by atoms with Crippen LogP contribution in [0.5, 0.6) is 5.75 Å². The van der Waals surface area contributed by atoms with Crippen LogP contribution in [0.4, 0.5) is 8.78 Å². The third kappa shape index (κ3) is 3.43. The zero-order valence-corrected chi connectivity index (χ0v) is 11.8. The molecule has 0 saturated carbocycles. The van der Waals surface area contributed by atoms with Crippen molar-refractivity contribution < 1.29 is 13.5 Å². The van der Waals surface area contributed by atoms with Crippen LogP contribution < -0.4 is 10.5 Å². The number of halogens is 3. The topological polar surface area (TPSA) is 35.2 Å². The second kappa shape index (κ2) is 6.15. The minimum absolute atomic E-state index is 0.0145. The Morgan fingerprint density at radius 3 is 2.50 bits per heavy atom.